The van der Waals surface area contributed by atoms with Crippen LogP contribution in [0.15, 0.2) is 24.3 Å². The van der Waals surface area contributed by atoms with Gasteiger partial charge in [-0.2, -0.15) is 0 Å². The van der Waals surface area contributed by atoms with Gasteiger partial charge >= 0.3 is 0 Å². The van der Waals surface area contributed by atoms with Crippen molar-refractivity contribution in [1.82, 2.24) is 9.80 Å². The Bertz CT molecular complexity index is 401. The van der Waals surface area contributed by atoms with Crippen LogP contribution in [0.5, 0.6) is 0 Å². The summed E-state index contributed by atoms with van der Waals surface area (Å²) in [7, 11) is 4.45. The molecule has 2 rings (SSSR count). The van der Waals surface area contributed by atoms with Crippen LogP contribution in [0.3, 0.4) is 0 Å². The number of benzene rings is 1. The van der Waals surface area contributed by atoms with E-state index in [1.807, 2.05) is 0 Å². The van der Waals surface area contributed by atoms with Crippen LogP contribution in [0.4, 0.5) is 0 Å². The van der Waals surface area contributed by atoms with Crippen LogP contribution in [-0.4, -0.2) is 50.1 Å². The average Bonchev–Trinajstić information content (AvgIpc) is 2.84. The van der Waals surface area contributed by atoms with E-state index in [9.17, 15) is 0 Å². The number of rotatable bonds is 6. The third kappa shape index (κ3) is 4.30. The van der Waals surface area contributed by atoms with Gasteiger partial charge in [0.2, 0.25) is 0 Å². The van der Waals surface area contributed by atoms with Crippen molar-refractivity contribution in [2.24, 2.45) is 11.7 Å². The maximum absolute atomic E-state index is 5.71. The van der Waals surface area contributed by atoms with Gasteiger partial charge in [0.05, 0.1) is 0 Å². The number of hydrogen-bond donors (Lipinski definition) is 1. The van der Waals surface area contributed by atoms with Crippen LogP contribution < -0.4 is 5.73 Å². The molecule has 0 bridgehead atoms. The zero-order valence-corrected chi connectivity index (χ0v) is 13.2. The Morgan fingerprint density at radius 1 is 1.35 bits per heavy atom. The third-order valence-electron chi connectivity index (χ3n) is 4.41. The fraction of sp³-hybridized carbons (Fsp3) is 0.647. The molecular weight excluding hydrogens is 246 g/mol. The van der Waals surface area contributed by atoms with Crippen LogP contribution in [0.1, 0.15) is 30.4 Å². The molecule has 0 aromatic heterocycles. The molecule has 3 heteroatoms. The molecule has 0 aliphatic carbocycles. The number of hydrogen-bond acceptors (Lipinski definition) is 3. The molecule has 0 saturated carbocycles. The normalized spacial score (nSPS) is 21.6. The lowest BCUT2D eigenvalue weighted by atomic mass is 10.00. The molecule has 0 amide bonds. The van der Waals surface area contributed by atoms with Gasteiger partial charge in [-0.1, -0.05) is 31.2 Å². The van der Waals surface area contributed by atoms with Crippen LogP contribution in [0.2, 0.25) is 0 Å². The fourth-order valence-corrected chi connectivity index (χ4v) is 3.08. The lowest BCUT2D eigenvalue weighted by Gasteiger charge is -2.21. The summed E-state index contributed by atoms with van der Waals surface area (Å²) in [6, 6.07) is 8.95. The summed E-state index contributed by atoms with van der Waals surface area (Å²) in [4.78, 5) is 4.88. The topological polar surface area (TPSA) is 32.5 Å². The number of likely N-dealkylation sites (tertiary alicyclic amines) is 1. The van der Waals surface area contributed by atoms with Crippen molar-refractivity contribution in [3.8, 4) is 0 Å². The van der Waals surface area contributed by atoms with Crippen molar-refractivity contribution in [1.29, 1.82) is 0 Å². The second-order valence-electron chi connectivity index (χ2n) is 6.49. The van der Waals surface area contributed by atoms with Crippen molar-refractivity contribution < 1.29 is 0 Å². The highest BCUT2D eigenvalue weighted by Crippen LogP contribution is 2.18. The van der Waals surface area contributed by atoms with Crippen molar-refractivity contribution in [2.75, 3.05) is 40.3 Å². The molecule has 0 spiro atoms. The van der Waals surface area contributed by atoms with E-state index in [-0.39, 0.29) is 0 Å². The minimum Gasteiger partial charge on any atom is -0.330 e. The van der Waals surface area contributed by atoms with Gasteiger partial charge in [-0.3, -0.25) is 0 Å². The van der Waals surface area contributed by atoms with E-state index < -0.39 is 0 Å². The maximum Gasteiger partial charge on any atom is 0.0230 e. The fourth-order valence-electron chi connectivity index (χ4n) is 3.08. The lowest BCUT2D eigenvalue weighted by molar-refractivity contribution is 0.267. The van der Waals surface area contributed by atoms with Gasteiger partial charge in [0.25, 0.3) is 0 Å². The summed E-state index contributed by atoms with van der Waals surface area (Å²) < 4.78 is 0. The molecule has 2 unspecified atom stereocenters. The first-order valence-electron chi connectivity index (χ1n) is 7.74. The van der Waals surface area contributed by atoms with E-state index >= 15 is 0 Å². The van der Waals surface area contributed by atoms with Gasteiger partial charge in [-0.15, -0.1) is 0 Å². The van der Waals surface area contributed by atoms with E-state index in [4.69, 9.17) is 5.73 Å². The highest BCUT2D eigenvalue weighted by atomic mass is 15.1. The summed E-state index contributed by atoms with van der Waals surface area (Å²) in [5, 5.41) is 0. The summed E-state index contributed by atoms with van der Waals surface area (Å²) in [5.74, 6) is 1.29. The quantitative estimate of drug-likeness (QED) is 0.863. The summed E-state index contributed by atoms with van der Waals surface area (Å²) >= 11 is 0. The van der Waals surface area contributed by atoms with E-state index in [1.54, 1.807) is 0 Å². The number of nitrogens with two attached hydrogens (primary N) is 1. The summed E-state index contributed by atoms with van der Waals surface area (Å²) in [6.07, 6.45) is 1.34. The minimum absolute atomic E-state index is 0.454. The van der Waals surface area contributed by atoms with Crippen molar-refractivity contribution in [3.63, 3.8) is 0 Å². The average molecular weight is 275 g/mol. The SMILES string of the molecule is CC(CN)c1ccc(CN(C)CC2CCN(C)C2)cc1. The maximum atomic E-state index is 5.71. The lowest BCUT2D eigenvalue weighted by Crippen LogP contribution is -2.27. The first kappa shape index (κ1) is 15.5. The van der Waals surface area contributed by atoms with Crippen molar-refractivity contribution >= 4 is 0 Å². The second-order valence-corrected chi connectivity index (χ2v) is 6.49. The van der Waals surface area contributed by atoms with E-state index in [2.05, 4.69) is 55.1 Å². The molecular formula is C17H29N3. The molecule has 1 heterocycles. The Morgan fingerprint density at radius 3 is 2.60 bits per heavy atom. The van der Waals surface area contributed by atoms with Crippen LogP contribution >= 0.6 is 0 Å². The highest BCUT2D eigenvalue weighted by Gasteiger charge is 2.20. The van der Waals surface area contributed by atoms with Gasteiger partial charge in [-0.05, 0) is 56.6 Å². The van der Waals surface area contributed by atoms with Crippen molar-refractivity contribution in [3.05, 3.63) is 35.4 Å². The van der Waals surface area contributed by atoms with Gasteiger partial charge in [0, 0.05) is 19.6 Å². The summed E-state index contributed by atoms with van der Waals surface area (Å²) in [6.45, 7) is 7.64. The molecule has 1 aliphatic heterocycles. The Balaban J connectivity index is 1.83. The van der Waals surface area contributed by atoms with Crippen LogP contribution in [-0.2, 0) is 6.54 Å². The van der Waals surface area contributed by atoms with E-state index in [0.717, 1.165) is 12.5 Å². The smallest absolute Gasteiger partial charge is 0.0230 e. The molecule has 1 aromatic carbocycles. The minimum atomic E-state index is 0.454. The molecule has 2 N–H and O–H groups in total. The first-order chi connectivity index (χ1) is 9.58. The Labute approximate surface area is 123 Å². The molecule has 1 saturated heterocycles. The first-order valence-corrected chi connectivity index (χ1v) is 7.74. The molecule has 2 atom stereocenters. The zero-order chi connectivity index (χ0) is 14.5. The highest BCUT2D eigenvalue weighted by molar-refractivity contribution is 5.25. The van der Waals surface area contributed by atoms with Gasteiger partial charge in [0.15, 0.2) is 0 Å². The molecule has 1 aromatic rings. The Morgan fingerprint density at radius 2 is 2.05 bits per heavy atom. The van der Waals surface area contributed by atoms with Crippen LogP contribution in [0.25, 0.3) is 0 Å². The molecule has 3 nitrogen and oxygen atoms in total. The van der Waals surface area contributed by atoms with E-state index in [1.165, 1.54) is 37.2 Å². The van der Waals surface area contributed by atoms with Gasteiger partial charge in [0.1, 0.15) is 0 Å². The second kappa shape index (κ2) is 7.21. The molecule has 0 radical (unpaired) electrons. The molecule has 112 valence electrons. The van der Waals surface area contributed by atoms with Gasteiger partial charge in [-0.25, -0.2) is 0 Å². The predicted octanol–water partition coefficient (Wildman–Crippen LogP) is 2.13. The van der Waals surface area contributed by atoms with Crippen LogP contribution in [0, 0.1) is 5.92 Å². The molecule has 1 fully saturated rings. The number of nitrogens with zero attached hydrogens (tertiary/aromatic N) is 2. The Hall–Kier alpha value is -0.900. The summed E-state index contributed by atoms with van der Waals surface area (Å²) in [5.41, 5.74) is 8.45. The van der Waals surface area contributed by atoms with Gasteiger partial charge < -0.3 is 15.5 Å². The molecule has 20 heavy (non-hydrogen) atoms. The largest absolute Gasteiger partial charge is 0.330 e. The molecule has 1 aliphatic rings. The van der Waals surface area contributed by atoms with Crippen molar-refractivity contribution in [2.45, 2.75) is 25.8 Å². The Kier molecular flexibility index (Phi) is 5.58. The third-order valence-corrected chi connectivity index (χ3v) is 4.41. The predicted molar refractivity (Wildman–Crippen MR) is 85.8 cm³/mol. The standard InChI is InChI=1S/C17H29N3/c1-14(10-18)17-6-4-15(5-7-17)11-20(3)13-16-8-9-19(2)12-16/h4-7,14,16H,8-13,18H2,1-3H3. The van der Waals surface area contributed by atoms with E-state index in [0.29, 0.717) is 12.5 Å². The monoisotopic (exact) mass is 275 g/mol. The zero-order valence-electron chi connectivity index (χ0n) is 13.2.